The predicted molar refractivity (Wildman–Crippen MR) is 141 cm³/mol. The van der Waals surface area contributed by atoms with Crippen LogP contribution >= 0.6 is 23.5 Å². The minimum absolute atomic E-state index is 0.0278. The Morgan fingerprint density at radius 2 is 2.00 bits per heavy atom. The molecule has 2 aromatic rings. The van der Waals surface area contributed by atoms with Gasteiger partial charge in [0.1, 0.15) is 5.78 Å². The Morgan fingerprint density at radius 1 is 1.21 bits per heavy atom. The molecule has 1 saturated carbocycles. The molecule has 2 N–H and O–H groups in total. The van der Waals surface area contributed by atoms with E-state index < -0.39 is 6.10 Å². The summed E-state index contributed by atoms with van der Waals surface area (Å²) in [5, 5.41) is 22.6. The van der Waals surface area contributed by atoms with Crippen LogP contribution in [0.5, 0.6) is 0 Å². The fourth-order valence-electron chi connectivity index (χ4n) is 4.27. The standard InChI is InChI=1S/C27H34O5S2/c1-32-26(31)18-33-13-4-14-34-27-24(22(17-28)16-25(27)30)12-11-23(29)10-8-19-7-9-20-5-2-3-6-21(20)15-19/h2-3,5-7,9,11-12,15,22-24,27-29H,4,8,10,13-14,16-18H2,1H3/t22-,23?,24-,27?/m0/s1. The van der Waals surface area contributed by atoms with Crippen LogP contribution in [-0.2, 0) is 20.7 Å². The number of hydrogen-bond donors (Lipinski definition) is 2. The van der Waals surface area contributed by atoms with Gasteiger partial charge in [-0.15, -0.1) is 11.8 Å². The zero-order valence-corrected chi connectivity index (χ0v) is 21.2. The van der Waals surface area contributed by atoms with Gasteiger partial charge in [0.25, 0.3) is 0 Å². The number of hydrogen-bond acceptors (Lipinski definition) is 7. The molecule has 34 heavy (non-hydrogen) atoms. The molecule has 4 atom stereocenters. The first-order valence-corrected chi connectivity index (χ1v) is 14.0. The van der Waals surface area contributed by atoms with E-state index >= 15 is 0 Å². The Morgan fingerprint density at radius 3 is 2.76 bits per heavy atom. The van der Waals surface area contributed by atoms with Crippen LogP contribution in [0, 0.1) is 11.8 Å². The van der Waals surface area contributed by atoms with Crippen molar-refractivity contribution < 1.29 is 24.5 Å². The Labute approximate surface area is 210 Å². The van der Waals surface area contributed by atoms with Crippen molar-refractivity contribution in [2.75, 3.05) is 31.0 Å². The lowest BCUT2D eigenvalue weighted by Crippen LogP contribution is -2.21. The summed E-state index contributed by atoms with van der Waals surface area (Å²) in [6.45, 7) is -0.0278. The number of allylic oxidation sites excluding steroid dienone is 1. The van der Waals surface area contributed by atoms with Crippen LogP contribution in [0.25, 0.3) is 10.8 Å². The van der Waals surface area contributed by atoms with Crippen molar-refractivity contribution in [3.63, 3.8) is 0 Å². The lowest BCUT2D eigenvalue weighted by molar-refractivity contribution is -0.137. The van der Waals surface area contributed by atoms with Gasteiger partial charge in [-0.2, -0.15) is 11.8 Å². The summed E-state index contributed by atoms with van der Waals surface area (Å²) in [4.78, 5) is 23.7. The highest BCUT2D eigenvalue weighted by Gasteiger charge is 2.40. The average molecular weight is 503 g/mol. The van der Waals surface area contributed by atoms with Gasteiger partial charge in [0, 0.05) is 18.9 Å². The molecule has 2 unspecified atom stereocenters. The maximum atomic E-state index is 12.6. The van der Waals surface area contributed by atoms with E-state index in [1.165, 1.54) is 35.2 Å². The number of ketones is 1. The van der Waals surface area contributed by atoms with Crippen LogP contribution in [0.4, 0.5) is 0 Å². The molecular weight excluding hydrogens is 468 g/mol. The molecule has 0 heterocycles. The second-order valence-corrected chi connectivity index (χ2v) is 11.0. The molecule has 0 aromatic heterocycles. The molecule has 1 aliphatic carbocycles. The first-order chi connectivity index (χ1) is 16.5. The number of aliphatic hydroxyl groups is 2. The zero-order chi connectivity index (χ0) is 24.3. The molecule has 184 valence electrons. The number of fused-ring (bicyclic) bond motifs is 1. The maximum absolute atomic E-state index is 12.6. The second-order valence-electron chi connectivity index (χ2n) is 8.64. The normalized spacial score (nSPS) is 21.4. The smallest absolute Gasteiger partial charge is 0.315 e. The number of aryl methyl sites for hydroxylation is 1. The number of carbonyl (C=O) groups is 2. The van der Waals surface area contributed by atoms with E-state index in [0.717, 1.165) is 24.3 Å². The third-order valence-electron chi connectivity index (χ3n) is 6.19. The molecule has 0 amide bonds. The van der Waals surface area contributed by atoms with Crippen molar-refractivity contribution in [1.29, 1.82) is 0 Å². The summed E-state index contributed by atoms with van der Waals surface area (Å²) in [6, 6.07) is 14.6. The van der Waals surface area contributed by atoms with Gasteiger partial charge >= 0.3 is 5.97 Å². The molecule has 2 aromatic carbocycles. The molecule has 0 saturated heterocycles. The number of benzene rings is 2. The number of Topliss-reactive ketones (excluding diaryl/α,β-unsaturated/α-hetero) is 1. The fraction of sp³-hybridized carbons (Fsp3) is 0.481. The average Bonchev–Trinajstić information content (AvgIpc) is 3.17. The summed E-state index contributed by atoms with van der Waals surface area (Å²) in [7, 11) is 1.38. The Hall–Kier alpha value is -1.80. The molecule has 0 spiro atoms. The molecule has 0 radical (unpaired) electrons. The van der Waals surface area contributed by atoms with Crippen molar-refractivity contribution in [2.24, 2.45) is 11.8 Å². The first-order valence-electron chi connectivity index (χ1n) is 11.8. The SMILES string of the molecule is COC(=O)CSCCCSC1C(=O)C[C@@H](CO)[C@@H]1C=CC(O)CCc1ccc2ccccc2c1. The molecule has 1 fully saturated rings. The Balaban J connectivity index is 1.48. The molecule has 3 rings (SSSR count). The largest absolute Gasteiger partial charge is 0.468 e. The summed E-state index contributed by atoms with van der Waals surface area (Å²) in [6.07, 6.45) is 5.80. The minimum atomic E-state index is -0.595. The van der Waals surface area contributed by atoms with Crippen molar-refractivity contribution >= 4 is 46.0 Å². The molecule has 1 aliphatic rings. The van der Waals surface area contributed by atoms with Gasteiger partial charge in [0.15, 0.2) is 0 Å². The van der Waals surface area contributed by atoms with E-state index in [0.29, 0.717) is 18.6 Å². The lowest BCUT2D eigenvalue weighted by atomic mass is 9.95. The van der Waals surface area contributed by atoms with E-state index in [9.17, 15) is 19.8 Å². The summed E-state index contributed by atoms with van der Waals surface area (Å²) in [5.74, 6) is 1.78. The number of esters is 1. The third kappa shape index (κ3) is 7.87. The number of rotatable bonds is 13. The second kappa shape index (κ2) is 13.9. The van der Waals surface area contributed by atoms with Gasteiger partial charge < -0.3 is 14.9 Å². The highest BCUT2D eigenvalue weighted by molar-refractivity contribution is 8.01. The van der Waals surface area contributed by atoms with E-state index in [-0.39, 0.29) is 35.4 Å². The summed E-state index contributed by atoms with van der Waals surface area (Å²) in [5.41, 5.74) is 1.19. The highest BCUT2D eigenvalue weighted by atomic mass is 32.2. The quantitative estimate of drug-likeness (QED) is 0.240. The topological polar surface area (TPSA) is 83.8 Å². The molecule has 0 bridgehead atoms. The fourth-order valence-corrected chi connectivity index (χ4v) is 6.61. The predicted octanol–water partition coefficient (Wildman–Crippen LogP) is 4.29. The molecule has 7 heteroatoms. The van der Waals surface area contributed by atoms with Crippen LogP contribution in [0.3, 0.4) is 0 Å². The van der Waals surface area contributed by atoms with Gasteiger partial charge in [-0.1, -0.05) is 54.6 Å². The van der Waals surface area contributed by atoms with E-state index in [1.807, 2.05) is 18.2 Å². The van der Waals surface area contributed by atoms with E-state index in [2.05, 4.69) is 35.1 Å². The van der Waals surface area contributed by atoms with Gasteiger partial charge in [0.2, 0.25) is 0 Å². The van der Waals surface area contributed by atoms with Crippen molar-refractivity contribution in [3.05, 3.63) is 60.2 Å². The lowest BCUT2D eigenvalue weighted by Gasteiger charge is -2.19. The molecule has 5 nitrogen and oxygen atoms in total. The minimum Gasteiger partial charge on any atom is -0.468 e. The Kier molecular flexibility index (Phi) is 11.0. The van der Waals surface area contributed by atoms with Gasteiger partial charge in [-0.25, -0.2) is 0 Å². The van der Waals surface area contributed by atoms with Crippen LogP contribution in [0.1, 0.15) is 24.8 Å². The Bertz CT molecular complexity index is 976. The number of methoxy groups -OCH3 is 1. The zero-order valence-electron chi connectivity index (χ0n) is 19.6. The van der Waals surface area contributed by atoms with Crippen molar-refractivity contribution in [3.8, 4) is 0 Å². The summed E-state index contributed by atoms with van der Waals surface area (Å²) >= 11 is 3.16. The molecule has 0 aliphatic heterocycles. The van der Waals surface area contributed by atoms with Crippen LogP contribution in [0.2, 0.25) is 0 Å². The van der Waals surface area contributed by atoms with Crippen molar-refractivity contribution in [1.82, 2.24) is 0 Å². The van der Waals surface area contributed by atoms with Gasteiger partial charge in [0.05, 0.1) is 24.2 Å². The number of carbonyl (C=O) groups excluding carboxylic acids is 2. The third-order valence-corrected chi connectivity index (χ3v) is 8.66. The van der Waals surface area contributed by atoms with Gasteiger partial charge in [-0.3, -0.25) is 9.59 Å². The van der Waals surface area contributed by atoms with E-state index in [1.54, 1.807) is 17.8 Å². The summed E-state index contributed by atoms with van der Waals surface area (Å²) < 4.78 is 4.63. The number of thioether (sulfide) groups is 2. The van der Waals surface area contributed by atoms with Crippen LogP contribution in [0.15, 0.2) is 54.6 Å². The molecular formula is C27H34O5S2. The van der Waals surface area contributed by atoms with Crippen LogP contribution in [-0.4, -0.2) is 64.3 Å². The number of aliphatic hydroxyl groups excluding tert-OH is 2. The van der Waals surface area contributed by atoms with E-state index in [4.69, 9.17) is 0 Å². The van der Waals surface area contributed by atoms with Crippen LogP contribution < -0.4 is 0 Å². The van der Waals surface area contributed by atoms with Gasteiger partial charge in [-0.05, 0) is 53.0 Å². The van der Waals surface area contributed by atoms with Crippen molar-refractivity contribution in [2.45, 2.75) is 37.0 Å². The maximum Gasteiger partial charge on any atom is 0.315 e. The monoisotopic (exact) mass is 502 g/mol. The number of ether oxygens (including phenoxy) is 1. The highest BCUT2D eigenvalue weighted by Crippen LogP contribution is 2.38. The first kappa shape index (κ1) is 26.8.